The fourth-order valence-corrected chi connectivity index (χ4v) is 1.91. The Labute approximate surface area is 119 Å². The van der Waals surface area contributed by atoms with E-state index in [2.05, 4.69) is 26.1 Å². The van der Waals surface area contributed by atoms with Gasteiger partial charge >= 0.3 is 0 Å². The zero-order valence-electron chi connectivity index (χ0n) is 10.7. The Bertz CT molecular complexity index is 571. The first-order valence-electron chi connectivity index (χ1n) is 6.01. The zero-order chi connectivity index (χ0) is 14.0. The second-order valence-electron chi connectivity index (χ2n) is 4.75. The fourth-order valence-electron chi connectivity index (χ4n) is 1.53. The smallest absolute Gasteiger partial charge is 0.228 e. The SMILES string of the molecule is CC(C)C(N)Cc1nc(-c2ccc(F)c(Br)c2)no1. The van der Waals surface area contributed by atoms with Gasteiger partial charge in [-0.1, -0.05) is 19.0 Å². The summed E-state index contributed by atoms with van der Waals surface area (Å²) in [6.07, 6.45) is 0.535. The molecule has 0 aliphatic rings. The molecule has 0 saturated heterocycles. The molecule has 0 amide bonds. The van der Waals surface area contributed by atoms with Crippen LogP contribution in [0.25, 0.3) is 11.4 Å². The van der Waals surface area contributed by atoms with Gasteiger partial charge in [-0.3, -0.25) is 0 Å². The minimum absolute atomic E-state index is 0.0201. The maximum Gasteiger partial charge on any atom is 0.228 e. The van der Waals surface area contributed by atoms with Gasteiger partial charge in [0.1, 0.15) is 5.82 Å². The lowest BCUT2D eigenvalue weighted by Gasteiger charge is -2.11. The van der Waals surface area contributed by atoms with E-state index in [9.17, 15) is 4.39 Å². The summed E-state index contributed by atoms with van der Waals surface area (Å²) in [6, 6.07) is 4.56. The van der Waals surface area contributed by atoms with Crippen molar-refractivity contribution in [1.82, 2.24) is 10.1 Å². The summed E-state index contributed by atoms with van der Waals surface area (Å²) < 4.78 is 18.7. The van der Waals surface area contributed by atoms with Crippen molar-refractivity contribution in [2.75, 3.05) is 0 Å². The second-order valence-corrected chi connectivity index (χ2v) is 5.61. The van der Waals surface area contributed by atoms with Crippen LogP contribution in [0.4, 0.5) is 4.39 Å². The van der Waals surface area contributed by atoms with Crippen LogP contribution in [0, 0.1) is 11.7 Å². The molecule has 1 aromatic heterocycles. The maximum absolute atomic E-state index is 13.2. The first kappa shape index (κ1) is 14.1. The lowest BCUT2D eigenvalue weighted by atomic mass is 10.0. The molecule has 2 aromatic rings. The Morgan fingerprint density at radius 2 is 2.16 bits per heavy atom. The highest BCUT2D eigenvalue weighted by Gasteiger charge is 2.15. The molecule has 1 atom stereocenters. The highest BCUT2D eigenvalue weighted by molar-refractivity contribution is 9.10. The number of rotatable bonds is 4. The normalized spacial score (nSPS) is 12.9. The number of nitrogens with two attached hydrogens (primary N) is 1. The summed E-state index contributed by atoms with van der Waals surface area (Å²) in [7, 11) is 0. The highest BCUT2D eigenvalue weighted by Crippen LogP contribution is 2.23. The van der Waals surface area contributed by atoms with Crippen LogP contribution < -0.4 is 5.73 Å². The number of aromatic nitrogens is 2. The van der Waals surface area contributed by atoms with Crippen LogP contribution in [0.15, 0.2) is 27.2 Å². The van der Waals surface area contributed by atoms with Crippen molar-refractivity contribution in [2.24, 2.45) is 11.7 Å². The van der Waals surface area contributed by atoms with Crippen molar-refractivity contribution in [2.45, 2.75) is 26.3 Å². The minimum atomic E-state index is -0.325. The molecule has 102 valence electrons. The van der Waals surface area contributed by atoms with Crippen LogP contribution in [0.5, 0.6) is 0 Å². The molecular weight excluding hydrogens is 313 g/mol. The quantitative estimate of drug-likeness (QED) is 0.936. The van der Waals surface area contributed by atoms with Gasteiger partial charge in [0.15, 0.2) is 0 Å². The minimum Gasteiger partial charge on any atom is -0.339 e. The molecule has 0 aliphatic carbocycles. The summed E-state index contributed by atoms with van der Waals surface area (Å²) in [5, 5.41) is 3.88. The zero-order valence-corrected chi connectivity index (χ0v) is 12.3. The topological polar surface area (TPSA) is 64.9 Å². The van der Waals surface area contributed by atoms with Crippen molar-refractivity contribution in [3.63, 3.8) is 0 Å². The third-order valence-electron chi connectivity index (χ3n) is 2.91. The predicted molar refractivity (Wildman–Crippen MR) is 73.9 cm³/mol. The van der Waals surface area contributed by atoms with Gasteiger partial charge in [-0.2, -0.15) is 4.98 Å². The third-order valence-corrected chi connectivity index (χ3v) is 3.52. The summed E-state index contributed by atoms with van der Waals surface area (Å²) in [4.78, 5) is 4.27. The Kier molecular flexibility index (Phi) is 4.31. The van der Waals surface area contributed by atoms with E-state index in [1.807, 2.05) is 13.8 Å². The first-order valence-corrected chi connectivity index (χ1v) is 6.80. The van der Waals surface area contributed by atoms with Crippen LogP contribution in [0.1, 0.15) is 19.7 Å². The molecule has 0 bridgehead atoms. The van der Waals surface area contributed by atoms with Crippen LogP contribution >= 0.6 is 15.9 Å². The van der Waals surface area contributed by atoms with Gasteiger partial charge in [-0.05, 0) is 40.0 Å². The Morgan fingerprint density at radius 3 is 2.79 bits per heavy atom. The molecule has 19 heavy (non-hydrogen) atoms. The Balaban J connectivity index is 2.18. The summed E-state index contributed by atoms with van der Waals surface area (Å²) in [5.41, 5.74) is 6.65. The van der Waals surface area contributed by atoms with E-state index in [0.717, 1.165) is 0 Å². The predicted octanol–water partition coefficient (Wildman–Crippen LogP) is 3.16. The lowest BCUT2D eigenvalue weighted by Crippen LogP contribution is -2.28. The van der Waals surface area contributed by atoms with E-state index in [1.165, 1.54) is 6.07 Å². The van der Waals surface area contributed by atoms with E-state index in [1.54, 1.807) is 12.1 Å². The summed E-state index contributed by atoms with van der Waals surface area (Å²) in [5.74, 6) is 0.952. The van der Waals surface area contributed by atoms with Crippen molar-refractivity contribution in [1.29, 1.82) is 0 Å². The van der Waals surface area contributed by atoms with Gasteiger partial charge in [0.2, 0.25) is 11.7 Å². The van der Waals surface area contributed by atoms with Gasteiger partial charge in [0.25, 0.3) is 0 Å². The van der Waals surface area contributed by atoms with Gasteiger partial charge in [-0.25, -0.2) is 4.39 Å². The molecule has 0 saturated carbocycles. The molecule has 2 rings (SSSR count). The maximum atomic E-state index is 13.2. The van der Waals surface area contributed by atoms with Crippen LogP contribution in [0.2, 0.25) is 0 Å². The van der Waals surface area contributed by atoms with Gasteiger partial charge < -0.3 is 10.3 Å². The van der Waals surface area contributed by atoms with Gasteiger partial charge in [0.05, 0.1) is 4.47 Å². The first-order chi connectivity index (χ1) is 8.97. The van der Waals surface area contributed by atoms with Crippen LogP contribution in [-0.4, -0.2) is 16.2 Å². The van der Waals surface area contributed by atoms with E-state index >= 15 is 0 Å². The molecule has 1 unspecified atom stereocenters. The third kappa shape index (κ3) is 3.39. The van der Waals surface area contributed by atoms with Crippen molar-refractivity contribution < 1.29 is 8.91 Å². The lowest BCUT2D eigenvalue weighted by molar-refractivity contribution is 0.353. The number of hydrogen-bond acceptors (Lipinski definition) is 4. The number of benzene rings is 1. The highest BCUT2D eigenvalue weighted by atomic mass is 79.9. The van der Waals surface area contributed by atoms with E-state index < -0.39 is 0 Å². The second kappa shape index (κ2) is 5.79. The standard InChI is InChI=1S/C13H15BrFN3O/c1-7(2)11(16)6-12-17-13(18-19-12)8-3-4-10(15)9(14)5-8/h3-5,7,11H,6,16H2,1-2H3. The van der Waals surface area contributed by atoms with E-state index in [4.69, 9.17) is 10.3 Å². The summed E-state index contributed by atoms with van der Waals surface area (Å²) in [6.45, 7) is 4.08. The van der Waals surface area contributed by atoms with Crippen molar-refractivity contribution >= 4 is 15.9 Å². The molecule has 1 heterocycles. The van der Waals surface area contributed by atoms with E-state index in [0.29, 0.717) is 34.1 Å². The number of halogens is 2. The van der Waals surface area contributed by atoms with Gasteiger partial charge in [-0.15, -0.1) is 0 Å². The molecule has 0 spiro atoms. The largest absolute Gasteiger partial charge is 0.339 e. The monoisotopic (exact) mass is 327 g/mol. The average Bonchev–Trinajstić information content (AvgIpc) is 2.81. The number of nitrogens with zero attached hydrogens (tertiary/aromatic N) is 2. The molecular formula is C13H15BrFN3O. The van der Waals surface area contributed by atoms with Gasteiger partial charge in [0, 0.05) is 18.0 Å². The molecule has 0 fully saturated rings. The Hall–Kier alpha value is -1.27. The van der Waals surface area contributed by atoms with Crippen molar-refractivity contribution in [3.8, 4) is 11.4 Å². The average molecular weight is 328 g/mol. The fraction of sp³-hybridized carbons (Fsp3) is 0.385. The molecule has 1 aromatic carbocycles. The summed E-state index contributed by atoms with van der Waals surface area (Å²) >= 11 is 3.13. The number of hydrogen-bond donors (Lipinski definition) is 1. The Morgan fingerprint density at radius 1 is 1.42 bits per heavy atom. The van der Waals surface area contributed by atoms with Crippen LogP contribution in [0.3, 0.4) is 0 Å². The van der Waals surface area contributed by atoms with E-state index in [-0.39, 0.29) is 11.9 Å². The molecule has 6 heteroatoms. The molecule has 4 nitrogen and oxygen atoms in total. The molecule has 0 radical (unpaired) electrons. The molecule has 2 N–H and O–H groups in total. The van der Waals surface area contributed by atoms with Crippen molar-refractivity contribution in [3.05, 3.63) is 34.4 Å². The van der Waals surface area contributed by atoms with Crippen LogP contribution in [-0.2, 0) is 6.42 Å². The molecule has 0 aliphatic heterocycles.